The Balaban J connectivity index is 1.78. The molecule has 6 heteroatoms. The summed E-state index contributed by atoms with van der Waals surface area (Å²) in [6.07, 6.45) is 2.64. The number of amides is 2. The molecule has 130 valence electrons. The van der Waals surface area contributed by atoms with Crippen LogP contribution < -0.4 is 5.32 Å². The SMILES string of the molecule is Cc1ccc([C@H]2[C@@H](C(=O)NCc3cccnc3)OCC(=O)N2C)cc1. The van der Waals surface area contributed by atoms with Gasteiger partial charge in [0.15, 0.2) is 6.10 Å². The third-order valence-corrected chi connectivity index (χ3v) is 4.35. The van der Waals surface area contributed by atoms with E-state index in [1.54, 1.807) is 24.3 Å². The molecule has 2 aromatic rings. The molecule has 0 aliphatic carbocycles. The summed E-state index contributed by atoms with van der Waals surface area (Å²) in [6, 6.07) is 11.1. The van der Waals surface area contributed by atoms with Crippen LogP contribution in [0.5, 0.6) is 0 Å². The lowest BCUT2D eigenvalue weighted by Crippen LogP contribution is -2.52. The molecule has 0 unspecified atom stereocenters. The second-order valence-electron chi connectivity index (χ2n) is 6.17. The summed E-state index contributed by atoms with van der Waals surface area (Å²) < 4.78 is 5.59. The van der Waals surface area contributed by atoms with E-state index in [-0.39, 0.29) is 18.4 Å². The molecule has 0 bridgehead atoms. The molecule has 1 aliphatic rings. The quantitative estimate of drug-likeness (QED) is 0.918. The Labute approximate surface area is 146 Å². The highest BCUT2D eigenvalue weighted by atomic mass is 16.5. The molecule has 2 atom stereocenters. The molecule has 1 aliphatic heterocycles. The van der Waals surface area contributed by atoms with Gasteiger partial charge in [-0.05, 0) is 24.1 Å². The Hall–Kier alpha value is -2.73. The number of morpholine rings is 1. The first-order valence-corrected chi connectivity index (χ1v) is 8.16. The lowest BCUT2D eigenvalue weighted by atomic mass is 9.96. The molecular weight excluding hydrogens is 318 g/mol. The fraction of sp³-hybridized carbons (Fsp3) is 0.316. The minimum Gasteiger partial charge on any atom is -0.356 e. The highest BCUT2D eigenvalue weighted by molar-refractivity contribution is 5.86. The smallest absolute Gasteiger partial charge is 0.251 e. The van der Waals surface area contributed by atoms with E-state index in [9.17, 15) is 9.59 Å². The van der Waals surface area contributed by atoms with E-state index in [1.807, 2.05) is 43.3 Å². The second-order valence-corrected chi connectivity index (χ2v) is 6.17. The van der Waals surface area contributed by atoms with Gasteiger partial charge in [-0.2, -0.15) is 0 Å². The van der Waals surface area contributed by atoms with Crippen LogP contribution >= 0.6 is 0 Å². The monoisotopic (exact) mass is 339 g/mol. The second kappa shape index (κ2) is 7.44. The molecule has 3 rings (SSSR count). The Bertz CT molecular complexity index is 746. The third-order valence-electron chi connectivity index (χ3n) is 4.35. The average molecular weight is 339 g/mol. The van der Waals surface area contributed by atoms with Gasteiger partial charge in [-0.15, -0.1) is 0 Å². The van der Waals surface area contributed by atoms with Crippen molar-refractivity contribution in [2.24, 2.45) is 0 Å². The maximum atomic E-state index is 12.7. The standard InChI is InChI=1S/C19H21N3O3/c1-13-5-7-15(8-6-13)17-18(25-12-16(23)22(17)2)19(24)21-11-14-4-3-9-20-10-14/h3-10,17-18H,11-12H2,1-2H3,(H,21,24)/t17-,18-/m0/s1. The maximum absolute atomic E-state index is 12.7. The molecule has 0 spiro atoms. The summed E-state index contributed by atoms with van der Waals surface area (Å²) in [5, 5.41) is 2.87. The van der Waals surface area contributed by atoms with Crippen LogP contribution in [-0.2, 0) is 20.9 Å². The van der Waals surface area contributed by atoms with Crippen molar-refractivity contribution in [2.45, 2.75) is 25.6 Å². The van der Waals surface area contributed by atoms with Crippen molar-refractivity contribution in [3.8, 4) is 0 Å². The summed E-state index contributed by atoms with van der Waals surface area (Å²) >= 11 is 0. The first-order chi connectivity index (χ1) is 12.1. The van der Waals surface area contributed by atoms with Crippen LogP contribution in [0.1, 0.15) is 22.7 Å². The number of nitrogens with zero attached hydrogens (tertiary/aromatic N) is 2. The van der Waals surface area contributed by atoms with Gasteiger partial charge < -0.3 is 15.0 Å². The van der Waals surface area contributed by atoms with Crippen molar-refractivity contribution < 1.29 is 14.3 Å². The summed E-state index contributed by atoms with van der Waals surface area (Å²) in [5.74, 6) is -0.379. The number of likely N-dealkylation sites (N-methyl/N-ethyl adjacent to an activating group) is 1. The summed E-state index contributed by atoms with van der Waals surface area (Å²) in [7, 11) is 1.71. The van der Waals surface area contributed by atoms with Gasteiger partial charge in [0.2, 0.25) is 5.91 Å². The number of carbonyl (C=O) groups excluding carboxylic acids is 2. The summed E-state index contributed by atoms with van der Waals surface area (Å²) in [6.45, 7) is 2.27. The van der Waals surface area contributed by atoms with Gasteiger partial charge in [0.05, 0.1) is 6.04 Å². The molecule has 1 fully saturated rings. The van der Waals surface area contributed by atoms with Gasteiger partial charge in [-0.3, -0.25) is 14.6 Å². The van der Waals surface area contributed by atoms with Crippen LogP contribution in [0.25, 0.3) is 0 Å². The van der Waals surface area contributed by atoms with E-state index >= 15 is 0 Å². The average Bonchev–Trinajstić information content (AvgIpc) is 2.63. The van der Waals surface area contributed by atoms with Gasteiger partial charge in [0.25, 0.3) is 5.91 Å². The number of carbonyl (C=O) groups is 2. The van der Waals surface area contributed by atoms with Crippen molar-refractivity contribution in [1.29, 1.82) is 0 Å². The number of nitrogens with one attached hydrogen (secondary N) is 1. The van der Waals surface area contributed by atoms with E-state index in [1.165, 1.54) is 0 Å². The summed E-state index contributed by atoms with van der Waals surface area (Å²) in [4.78, 5) is 30.4. The van der Waals surface area contributed by atoms with E-state index in [4.69, 9.17) is 4.74 Å². The van der Waals surface area contributed by atoms with Gasteiger partial charge in [-0.25, -0.2) is 0 Å². The first-order valence-electron chi connectivity index (χ1n) is 8.16. The minimum atomic E-state index is -0.748. The number of benzene rings is 1. The van der Waals surface area contributed by atoms with Crippen LogP contribution in [0.2, 0.25) is 0 Å². The van der Waals surface area contributed by atoms with E-state index in [0.717, 1.165) is 16.7 Å². The fourth-order valence-electron chi connectivity index (χ4n) is 2.89. The van der Waals surface area contributed by atoms with Gasteiger partial charge in [0.1, 0.15) is 6.61 Å². The van der Waals surface area contributed by atoms with Gasteiger partial charge in [-0.1, -0.05) is 35.9 Å². The molecule has 1 saturated heterocycles. The zero-order valence-electron chi connectivity index (χ0n) is 14.3. The molecule has 0 saturated carbocycles. The zero-order valence-corrected chi connectivity index (χ0v) is 14.3. The topological polar surface area (TPSA) is 71.5 Å². The van der Waals surface area contributed by atoms with Crippen molar-refractivity contribution in [3.63, 3.8) is 0 Å². The number of hydrogen-bond acceptors (Lipinski definition) is 4. The van der Waals surface area contributed by atoms with Crippen molar-refractivity contribution in [3.05, 3.63) is 65.5 Å². The largest absolute Gasteiger partial charge is 0.356 e. The molecule has 25 heavy (non-hydrogen) atoms. The predicted octanol–water partition coefficient (Wildman–Crippen LogP) is 1.60. The lowest BCUT2D eigenvalue weighted by molar-refractivity contribution is -0.162. The van der Waals surface area contributed by atoms with E-state index < -0.39 is 12.1 Å². The first kappa shape index (κ1) is 17.1. The van der Waals surface area contributed by atoms with Gasteiger partial charge in [0, 0.05) is 26.0 Å². The van der Waals surface area contributed by atoms with Crippen LogP contribution in [0.4, 0.5) is 0 Å². The normalized spacial score (nSPS) is 20.4. The molecule has 1 aromatic carbocycles. The molecule has 0 radical (unpaired) electrons. The molecule has 1 aromatic heterocycles. The Morgan fingerprint density at radius 1 is 1.32 bits per heavy atom. The van der Waals surface area contributed by atoms with E-state index in [0.29, 0.717) is 6.54 Å². The summed E-state index contributed by atoms with van der Waals surface area (Å²) in [5.41, 5.74) is 2.90. The number of pyridine rings is 1. The Morgan fingerprint density at radius 2 is 2.08 bits per heavy atom. The molecular formula is C19H21N3O3. The Morgan fingerprint density at radius 3 is 2.76 bits per heavy atom. The van der Waals surface area contributed by atoms with Crippen LogP contribution in [0.15, 0.2) is 48.8 Å². The number of hydrogen-bond donors (Lipinski definition) is 1. The third kappa shape index (κ3) is 3.85. The van der Waals surface area contributed by atoms with Crippen molar-refractivity contribution in [2.75, 3.05) is 13.7 Å². The lowest BCUT2D eigenvalue weighted by Gasteiger charge is -2.38. The highest BCUT2D eigenvalue weighted by Gasteiger charge is 2.39. The van der Waals surface area contributed by atoms with Crippen LogP contribution in [-0.4, -0.2) is 41.5 Å². The molecule has 2 amide bonds. The molecule has 2 heterocycles. The fourth-order valence-corrected chi connectivity index (χ4v) is 2.89. The highest BCUT2D eigenvalue weighted by Crippen LogP contribution is 2.29. The molecule has 6 nitrogen and oxygen atoms in total. The van der Waals surface area contributed by atoms with Crippen molar-refractivity contribution in [1.82, 2.24) is 15.2 Å². The number of rotatable bonds is 4. The Kier molecular flexibility index (Phi) is 5.09. The molecule has 1 N–H and O–H groups in total. The minimum absolute atomic E-state index is 0.0934. The number of ether oxygens (including phenoxy) is 1. The van der Waals surface area contributed by atoms with Gasteiger partial charge >= 0.3 is 0 Å². The predicted molar refractivity (Wildman–Crippen MR) is 92.5 cm³/mol. The number of aromatic nitrogens is 1. The van der Waals surface area contributed by atoms with Crippen LogP contribution in [0, 0.1) is 6.92 Å². The zero-order chi connectivity index (χ0) is 17.8. The maximum Gasteiger partial charge on any atom is 0.251 e. The van der Waals surface area contributed by atoms with Crippen molar-refractivity contribution >= 4 is 11.8 Å². The van der Waals surface area contributed by atoms with Crippen LogP contribution in [0.3, 0.4) is 0 Å². The number of aryl methyl sites for hydroxylation is 1. The van der Waals surface area contributed by atoms with E-state index in [2.05, 4.69) is 10.3 Å².